The molecule has 0 aliphatic carbocycles. The van der Waals surface area contributed by atoms with Crippen LogP contribution in [0.2, 0.25) is 0 Å². The van der Waals surface area contributed by atoms with Crippen molar-refractivity contribution in [2.24, 2.45) is 0 Å². The van der Waals surface area contributed by atoms with Gasteiger partial charge in [0.1, 0.15) is 0 Å². The number of benzene rings is 9. The molecule has 12 aromatic rings. The lowest BCUT2D eigenvalue weighted by Gasteiger charge is -2.15. The molecule has 0 saturated carbocycles. The van der Waals surface area contributed by atoms with Crippen LogP contribution >= 0.6 is 0 Å². The lowest BCUT2D eigenvalue weighted by molar-refractivity contribution is 1.16. The first-order valence-corrected chi connectivity index (χ1v) is 21.4. The molecule has 0 fully saturated rings. The molecule has 3 heterocycles. The van der Waals surface area contributed by atoms with Crippen molar-refractivity contribution in [2.45, 2.75) is 0 Å². The fraction of sp³-hybridized carbons (Fsp3) is 0. The second-order valence-electron chi connectivity index (χ2n) is 16.0. The first-order valence-electron chi connectivity index (χ1n) is 21.4. The lowest BCUT2D eigenvalue weighted by Crippen LogP contribution is -1.98. The minimum absolute atomic E-state index is 0.689. The Morgan fingerprint density at radius 1 is 0.286 bits per heavy atom. The third kappa shape index (κ3) is 6.44. The molecule has 12 rings (SSSR count). The van der Waals surface area contributed by atoms with Gasteiger partial charge in [0.25, 0.3) is 0 Å². The van der Waals surface area contributed by atoms with Crippen LogP contribution in [0.5, 0.6) is 0 Å². The second kappa shape index (κ2) is 15.2. The van der Waals surface area contributed by atoms with Gasteiger partial charge >= 0.3 is 0 Å². The Labute approximate surface area is 365 Å². The van der Waals surface area contributed by atoms with E-state index in [1.165, 1.54) is 49.3 Å². The van der Waals surface area contributed by atoms with Crippen molar-refractivity contribution in [3.05, 3.63) is 231 Å². The van der Waals surface area contributed by atoms with Crippen LogP contribution in [0.4, 0.5) is 0 Å². The summed E-state index contributed by atoms with van der Waals surface area (Å²) in [5, 5.41) is 5.99. The van der Waals surface area contributed by atoms with Gasteiger partial charge in [-0.2, -0.15) is 0 Å². The van der Waals surface area contributed by atoms with E-state index in [4.69, 9.17) is 15.0 Å². The summed E-state index contributed by atoms with van der Waals surface area (Å²) >= 11 is 0. The monoisotopic (exact) mass is 802 g/mol. The van der Waals surface area contributed by atoms with Gasteiger partial charge < -0.3 is 4.57 Å². The van der Waals surface area contributed by atoms with Gasteiger partial charge in [0.2, 0.25) is 0 Å². The number of hydrogen-bond donors (Lipinski definition) is 0. The highest BCUT2D eigenvalue weighted by atomic mass is 15.0. The fourth-order valence-corrected chi connectivity index (χ4v) is 9.23. The van der Waals surface area contributed by atoms with Crippen LogP contribution in [-0.2, 0) is 0 Å². The molecule has 0 amide bonds. The summed E-state index contributed by atoms with van der Waals surface area (Å²) in [7, 11) is 0. The maximum absolute atomic E-state index is 5.22. The van der Waals surface area contributed by atoms with Crippen LogP contribution in [0.1, 0.15) is 0 Å². The Hall–Kier alpha value is -8.47. The number of para-hydroxylation sites is 2. The normalized spacial score (nSPS) is 11.5. The summed E-state index contributed by atoms with van der Waals surface area (Å²) in [5.41, 5.74) is 15.9. The second-order valence-corrected chi connectivity index (χ2v) is 16.0. The van der Waals surface area contributed by atoms with E-state index in [2.05, 4.69) is 211 Å². The molecular weight excluding hydrogens is 765 g/mol. The van der Waals surface area contributed by atoms with Crippen molar-refractivity contribution in [1.29, 1.82) is 0 Å². The van der Waals surface area contributed by atoms with E-state index in [1.807, 2.05) is 24.3 Å². The van der Waals surface area contributed by atoms with Crippen molar-refractivity contribution in [3.8, 4) is 73.1 Å². The van der Waals surface area contributed by atoms with Gasteiger partial charge in [-0.1, -0.05) is 188 Å². The number of rotatable bonds is 7. The van der Waals surface area contributed by atoms with E-state index in [9.17, 15) is 0 Å². The topological polar surface area (TPSA) is 43.6 Å². The molecule has 4 heteroatoms. The number of hydrogen-bond acceptors (Lipinski definition) is 3. The molecule has 63 heavy (non-hydrogen) atoms. The highest BCUT2D eigenvalue weighted by Gasteiger charge is 2.17. The zero-order valence-corrected chi connectivity index (χ0v) is 34.2. The van der Waals surface area contributed by atoms with Crippen molar-refractivity contribution in [1.82, 2.24) is 19.5 Å². The number of aromatic nitrogens is 4. The largest absolute Gasteiger partial charge is 0.309 e. The van der Waals surface area contributed by atoms with Crippen LogP contribution in [0.3, 0.4) is 0 Å². The highest BCUT2D eigenvalue weighted by molar-refractivity contribution is 6.17. The molecule has 4 nitrogen and oxygen atoms in total. The van der Waals surface area contributed by atoms with Crippen LogP contribution in [-0.4, -0.2) is 19.5 Å². The van der Waals surface area contributed by atoms with Crippen LogP contribution < -0.4 is 0 Å². The molecule has 0 N–H and O–H groups in total. The van der Waals surface area contributed by atoms with Gasteiger partial charge in [0, 0.05) is 44.1 Å². The van der Waals surface area contributed by atoms with Gasteiger partial charge in [0.05, 0.1) is 33.6 Å². The van der Waals surface area contributed by atoms with Crippen molar-refractivity contribution in [3.63, 3.8) is 0 Å². The summed E-state index contributed by atoms with van der Waals surface area (Å²) < 4.78 is 2.35. The van der Waals surface area contributed by atoms with Crippen molar-refractivity contribution < 1.29 is 0 Å². The molecular formula is C59H38N4. The van der Waals surface area contributed by atoms with Crippen LogP contribution in [0, 0.1) is 0 Å². The number of pyridine rings is 1. The average Bonchev–Trinajstić information content (AvgIpc) is 3.71. The first-order chi connectivity index (χ1) is 31.2. The van der Waals surface area contributed by atoms with E-state index in [-0.39, 0.29) is 0 Å². The molecule has 3 aromatic heterocycles. The molecule has 9 aromatic carbocycles. The van der Waals surface area contributed by atoms with Crippen molar-refractivity contribution in [2.75, 3.05) is 0 Å². The summed E-state index contributed by atoms with van der Waals surface area (Å²) in [6.45, 7) is 0. The summed E-state index contributed by atoms with van der Waals surface area (Å²) in [6, 6.07) is 81.5. The Morgan fingerprint density at radius 3 is 1.49 bits per heavy atom. The van der Waals surface area contributed by atoms with Gasteiger partial charge in [-0.25, -0.2) is 15.0 Å². The average molecular weight is 803 g/mol. The van der Waals surface area contributed by atoms with E-state index < -0.39 is 0 Å². The summed E-state index contributed by atoms with van der Waals surface area (Å²) in [6.07, 6.45) is 0. The summed E-state index contributed by atoms with van der Waals surface area (Å²) in [4.78, 5) is 15.6. The third-order valence-electron chi connectivity index (χ3n) is 12.2. The van der Waals surface area contributed by atoms with E-state index in [0.717, 1.165) is 61.5 Å². The predicted molar refractivity (Wildman–Crippen MR) is 262 cm³/mol. The Morgan fingerprint density at radius 2 is 0.794 bits per heavy atom. The first kappa shape index (κ1) is 36.4. The molecule has 294 valence electrons. The van der Waals surface area contributed by atoms with E-state index in [0.29, 0.717) is 5.82 Å². The molecule has 0 bridgehead atoms. The molecule has 0 spiro atoms. The summed E-state index contributed by atoms with van der Waals surface area (Å²) in [5.74, 6) is 0.689. The third-order valence-corrected chi connectivity index (χ3v) is 12.2. The Kier molecular flexibility index (Phi) is 8.79. The number of nitrogens with zero attached hydrogens (tertiary/aromatic N) is 4. The molecule has 0 aliphatic heterocycles. The van der Waals surface area contributed by atoms with Crippen molar-refractivity contribution >= 4 is 43.5 Å². The Balaban J connectivity index is 0.963. The quantitative estimate of drug-likeness (QED) is 0.151. The zero-order chi connectivity index (χ0) is 41.7. The molecule has 0 saturated heterocycles. The SMILES string of the molecule is c1ccc(-c2cc(-c3ccccc3)c3c(ccc4c(-c5ccc(-c6cc(-c7cccc(-n8c9ccccc9c9ccccc98)c7)nc(-c7ccccc7)n6)cc5)cccc43)n2)cc1. The molecule has 0 atom stereocenters. The molecule has 0 radical (unpaired) electrons. The number of fused-ring (bicyclic) bond motifs is 6. The van der Waals surface area contributed by atoms with Gasteiger partial charge in [-0.3, -0.25) is 0 Å². The minimum atomic E-state index is 0.689. The fourth-order valence-electron chi connectivity index (χ4n) is 9.23. The molecule has 0 unspecified atom stereocenters. The van der Waals surface area contributed by atoms with Crippen LogP contribution in [0.15, 0.2) is 231 Å². The maximum atomic E-state index is 5.22. The van der Waals surface area contributed by atoms with E-state index >= 15 is 0 Å². The van der Waals surface area contributed by atoms with Gasteiger partial charge in [0.15, 0.2) is 5.82 Å². The molecule has 0 aliphatic rings. The predicted octanol–water partition coefficient (Wildman–Crippen LogP) is 15.3. The van der Waals surface area contributed by atoms with Gasteiger partial charge in [-0.15, -0.1) is 0 Å². The minimum Gasteiger partial charge on any atom is -0.309 e. The lowest BCUT2D eigenvalue weighted by atomic mass is 9.91. The van der Waals surface area contributed by atoms with Crippen LogP contribution in [0.25, 0.3) is 117 Å². The standard InChI is InChI=1S/C59H38N4/c1-4-16-39(17-5-1)51-37-53(41-18-6-2-7-19-41)60-52-35-34-47-46(26-15-27-50(47)58(51)52)40-30-32-42(33-31-40)54-38-55(62-59(61-54)43-20-8-3-9-21-43)44-22-14-23-45(36-44)63-56-28-12-10-24-48(56)49-25-11-13-29-57(49)63/h1-38H. The highest BCUT2D eigenvalue weighted by Crippen LogP contribution is 2.40. The maximum Gasteiger partial charge on any atom is 0.160 e. The smallest absolute Gasteiger partial charge is 0.160 e. The van der Waals surface area contributed by atoms with Gasteiger partial charge in [-0.05, 0) is 75.5 Å². The Bertz CT molecular complexity index is 3600. The van der Waals surface area contributed by atoms with E-state index in [1.54, 1.807) is 0 Å². The zero-order valence-electron chi connectivity index (χ0n) is 34.2.